The first kappa shape index (κ1) is 24.6. The van der Waals surface area contributed by atoms with Gasteiger partial charge in [0.15, 0.2) is 11.4 Å². The number of hydrogen-bond acceptors (Lipinski definition) is 5. The first-order valence-corrected chi connectivity index (χ1v) is 13.5. The van der Waals surface area contributed by atoms with Gasteiger partial charge in [-0.3, -0.25) is 0 Å². The Kier molecular flexibility index (Phi) is 6.93. The Morgan fingerprint density at radius 3 is 2.64 bits per heavy atom. The third-order valence-electron chi connectivity index (χ3n) is 7.25. The Labute approximate surface area is 215 Å². The number of hydrogen-bond donors (Lipinski definition) is 2. The second kappa shape index (κ2) is 10.1. The van der Waals surface area contributed by atoms with Crippen LogP contribution < -0.4 is 10.4 Å². The molecule has 1 fully saturated rings. The smallest absolute Gasteiger partial charge is 0.163 e. The molecule has 4 aromatic rings. The van der Waals surface area contributed by atoms with Crippen molar-refractivity contribution in [2.75, 3.05) is 0 Å². The van der Waals surface area contributed by atoms with Crippen LogP contribution in [0.3, 0.4) is 0 Å². The highest BCUT2D eigenvalue weighted by atomic mass is 32.1. The summed E-state index contributed by atoms with van der Waals surface area (Å²) in [6.07, 6.45) is 12.6. The molecule has 1 aromatic carbocycles. The van der Waals surface area contributed by atoms with E-state index >= 15 is 0 Å². The number of aliphatic hydroxyl groups is 2. The predicted molar refractivity (Wildman–Crippen MR) is 148 cm³/mol. The molecule has 0 amide bonds. The Bertz CT molecular complexity index is 1490. The maximum atomic E-state index is 9.87. The monoisotopic (exact) mass is 499 g/mol. The second-order valence-corrected chi connectivity index (χ2v) is 10.9. The van der Waals surface area contributed by atoms with Crippen LogP contribution in [0.2, 0.25) is 0 Å². The van der Waals surface area contributed by atoms with E-state index in [1.165, 1.54) is 12.5 Å². The van der Waals surface area contributed by atoms with E-state index in [1.54, 1.807) is 11.3 Å². The van der Waals surface area contributed by atoms with Crippen LogP contribution in [0, 0.1) is 5.92 Å². The fourth-order valence-electron chi connectivity index (χ4n) is 5.43. The fraction of sp³-hybridized carbons (Fsp3) is 0.333. The van der Waals surface area contributed by atoms with Gasteiger partial charge in [0.2, 0.25) is 0 Å². The molecule has 36 heavy (non-hydrogen) atoms. The molecule has 3 aromatic heterocycles. The van der Waals surface area contributed by atoms with Crippen molar-refractivity contribution >= 4 is 35.2 Å². The second-order valence-electron chi connectivity index (χ2n) is 10.1. The summed E-state index contributed by atoms with van der Waals surface area (Å²) in [5, 5.41) is 30.8. The van der Waals surface area contributed by atoms with E-state index in [9.17, 15) is 10.2 Å². The van der Waals surface area contributed by atoms with Gasteiger partial charge in [0, 0.05) is 29.7 Å². The van der Waals surface area contributed by atoms with Gasteiger partial charge in [-0.25, -0.2) is 9.50 Å². The van der Waals surface area contributed by atoms with Gasteiger partial charge in [0.05, 0.1) is 11.9 Å². The van der Waals surface area contributed by atoms with Crippen LogP contribution in [0.4, 0.5) is 0 Å². The molecule has 186 valence electrons. The Hall–Kier alpha value is -3.06. The molecule has 5 rings (SSSR count). The largest absolute Gasteiger partial charge is 0.366 e. The van der Waals surface area contributed by atoms with Gasteiger partial charge in [-0.1, -0.05) is 36.9 Å². The highest BCUT2D eigenvalue weighted by Gasteiger charge is 2.30. The number of nitrogens with zero attached hydrogens (tertiary/aromatic N) is 3. The lowest BCUT2D eigenvalue weighted by atomic mass is 9.77. The van der Waals surface area contributed by atoms with Crippen LogP contribution in [-0.2, 0) is 0 Å². The normalized spacial score (nSPS) is 19.8. The molecule has 0 aliphatic heterocycles. The lowest BCUT2D eigenvalue weighted by Gasteiger charge is -2.31. The van der Waals surface area contributed by atoms with Crippen molar-refractivity contribution in [1.82, 2.24) is 14.6 Å². The third-order valence-corrected chi connectivity index (χ3v) is 7.94. The summed E-state index contributed by atoms with van der Waals surface area (Å²) >= 11 is 1.69. The van der Waals surface area contributed by atoms with Gasteiger partial charge in [-0.15, -0.1) is 0 Å². The molecule has 0 saturated heterocycles. The minimum atomic E-state index is -1.60. The van der Waals surface area contributed by atoms with E-state index in [0.717, 1.165) is 64.2 Å². The van der Waals surface area contributed by atoms with Crippen LogP contribution in [-0.4, -0.2) is 30.6 Å². The number of allylic oxidation sites excluding steroid dienone is 2. The van der Waals surface area contributed by atoms with Crippen molar-refractivity contribution in [3.8, 4) is 11.1 Å². The molecule has 0 bridgehead atoms. The zero-order valence-corrected chi connectivity index (χ0v) is 21.7. The molecule has 5 nitrogen and oxygen atoms in total. The minimum absolute atomic E-state index is 0.325. The van der Waals surface area contributed by atoms with Crippen LogP contribution in [0.1, 0.15) is 63.1 Å². The van der Waals surface area contributed by atoms with E-state index in [1.807, 2.05) is 35.8 Å². The van der Waals surface area contributed by atoms with E-state index in [0.29, 0.717) is 18.3 Å². The number of benzene rings is 1. The van der Waals surface area contributed by atoms with E-state index < -0.39 is 5.79 Å². The molecular formula is C30H33N3O2S. The van der Waals surface area contributed by atoms with Crippen LogP contribution >= 0.6 is 11.3 Å². The standard InChI is InChI=1S/C30H33N3O2S/c1-4-22(15-24-8-6-5-7-20(24)2)26-17-31-33-18-27(25-13-14-36-19-25)28(32-29(26)33)23-11-9-21(10-12-23)16-30(3,34)35/h4-8,13-15,17-19,21,23,34-35H,2,9-12,16H2,1,3H3/b22-4?,24-15-. The van der Waals surface area contributed by atoms with Gasteiger partial charge in [-0.05, 0) is 89.9 Å². The van der Waals surface area contributed by atoms with Crippen molar-refractivity contribution in [3.05, 3.63) is 81.3 Å². The molecule has 3 heterocycles. The zero-order chi connectivity index (χ0) is 25.3. The molecule has 2 N–H and O–H groups in total. The quantitative estimate of drug-likeness (QED) is 0.362. The Morgan fingerprint density at radius 1 is 1.19 bits per heavy atom. The number of thiophene rings is 1. The van der Waals surface area contributed by atoms with Crippen molar-refractivity contribution in [2.45, 2.75) is 57.7 Å². The average Bonchev–Trinajstić information content (AvgIpc) is 3.52. The Balaban J connectivity index is 1.56. The highest BCUT2D eigenvalue weighted by Crippen LogP contribution is 2.41. The van der Waals surface area contributed by atoms with Crippen LogP contribution in [0.15, 0.2) is 59.6 Å². The number of fused-ring (bicyclic) bond motifs is 1. The average molecular weight is 500 g/mol. The predicted octanol–water partition coefficient (Wildman–Crippen LogP) is 5.12. The third kappa shape index (κ3) is 5.21. The van der Waals surface area contributed by atoms with E-state index in [-0.39, 0.29) is 0 Å². The van der Waals surface area contributed by atoms with Gasteiger partial charge >= 0.3 is 0 Å². The van der Waals surface area contributed by atoms with Gasteiger partial charge in [-0.2, -0.15) is 16.4 Å². The lowest BCUT2D eigenvalue weighted by molar-refractivity contribution is -0.159. The molecular weight excluding hydrogens is 466 g/mol. The van der Waals surface area contributed by atoms with Crippen molar-refractivity contribution < 1.29 is 10.2 Å². The maximum absolute atomic E-state index is 9.87. The maximum Gasteiger partial charge on any atom is 0.163 e. The summed E-state index contributed by atoms with van der Waals surface area (Å²) in [6, 6.07) is 10.3. The van der Waals surface area contributed by atoms with Crippen LogP contribution in [0.5, 0.6) is 0 Å². The number of rotatable bonds is 6. The summed E-state index contributed by atoms with van der Waals surface area (Å²) in [4.78, 5) is 5.28. The topological polar surface area (TPSA) is 70.7 Å². The first-order chi connectivity index (χ1) is 17.3. The van der Waals surface area contributed by atoms with Gasteiger partial charge in [0.1, 0.15) is 0 Å². The van der Waals surface area contributed by atoms with Crippen LogP contribution in [0.25, 0.3) is 35.0 Å². The molecule has 6 heteroatoms. The van der Waals surface area contributed by atoms with Gasteiger partial charge in [0.25, 0.3) is 0 Å². The summed E-state index contributed by atoms with van der Waals surface area (Å²) in [5.41, 5.74) is 6.34. The molecule has 1 aliphatic carbocycles. The molecule has 0 radical (unpaired) electrons. The number of aromatic nitrogens is 3. The molecule has 0 atom stereocenters. The molecule has 0 unspecified atom stereocenters. The van der Waals surface area contributed by atoms with Crippen molar-refractivity contribution in [3.63, 3.8) is 0 Å². The molecule has 1 aliphatic rings. The SMILES string of the molecule is C=c1cccc/c1=C/C(=CC)c1cnn2cc(-c3ccsc3)c(C3CCC(CC(C)(O)O)CC3)nc12. The fourth-order valence-corrected chi connectivity index (χ4v) is 6.08. The van der Waals surface area contributed by atoms with Crippen molar-refractivity contribution in [1.29, 1.82) is 0 Å². The molecule has 1 saturated carbocycles. The zero-order valence-electron chi connectivity index (χ0n) is 20.9. The highest BCUT2D eigenvalue weighted by molar-refractivity contribution is 7.08. The first-order valence-electron chi connectivity index (χ1n) is 12.6. The Morgan fingerprint density at radius 2 is 1.97 bits per heavy atom. The molecule has 0 spiro atoms. The van der Waals surface area contributed by atoms with E-state index in [4.69, 9.17) is 4.98 Å². The van der Waals surface area contributed by atoms with Crippen molar-refractivity contribution in [2.24, 2.45) is 5.92 Å². The summed E-state index contributed by atoms with van der Waals surface area (Å²) < 4.78 is 1.90. The summed E-state index contributed by atoms with van der Waals surface area (Å²) in [5.74, 6) is -0.951. The summed E-state index contributed by atoms with van der Waals surface area (Å²) in [7, 11) is 0. The lowest BCUT2D eigenvalue weighted by Crippen LogP contribution is -2.28. The van der Waals surface area contributed by atoms with Gasteiger partial charge < -0.3 is 10.2 Å². The minimum Gasteiger partial charge on any atom is -0.366 e. The van der Waals surface area contributed by atoms with E-state index in [2.05, 4.69) is 52.9 Å². The summed E-state index contributed by atoms with van der Waals surface area (Å²) in [6.45, 7) is 7.69.